The van der Waals surface area contributed by atoms with Gasteiger partial charge in [-0.05, 0) is 44.5 Å². The number of anilines is 2. The topological polar surface area (TPSA) is 58.4 Å². The average Bonchev–Trinajstić information content (AvgIpc) is 2.76. The molecule has 0 aromatic heterocycles. The molecule has 2 rings (SSSR count). The Morgan fingerprint density at radius 2 is 2.19 bits per heavy atom. The van der Waals surface area contributed by atoms with Crippen LogP contribution in [0.25, 0.3) is 0 Å². The van der Waals surface area contributed by atoms with Crippen LogP contribution in [-0.4, -0.2) is 29.9 Å². The molecule has 1 heterocycles. The number of nitrogens with one attached hydrogen (secondary N) is 1. The second-order valence-electron chi connectivity index (χ2n) is 5.31. The summed E-state index contributed by atoms with van der Waals surface area (Å²) in [5.74, 6) is -0.318. The summed E-state index contributed by atoms with van der Waals surface area (Å²) in [7, 11) is 0. The van der Waals surface area contributed by atoms with E-state index in [1.807, 2.05) is 11.8 Å². The number of halogens is 3. The molecule has 0 radical (unpaired) electrons. The fourth-order valence-corrected chi connectivity index (χ4v) is 2.49. The molecule has 116 valence electrons. The van der Waals surface area contributed by atoms with Gasteiger partial charge >= 0.3 is 6.18 Å². The van der Waals surface area contributed by atoms with Crippen molar-refractivity contribution in [2.75, 3.05) is 24.1 Å². The van der Waals surface area contributed by atoms with E-state index in [2.05, 4.69) is 5.32 Å². The molecule has 0 spiro atoms. The zero-order chi connectivity index (χ0) is 15.6. The maximum atomic E-state index is 12.7. The summed E-state index contributed by atoms with van der Waals surface area (Å²) >= 11 is 0. The number of nitrogens with zero attached hydrogens (tertiary/aromatic N) is 1. The lowest BCUT2D eigenvalue weighted by molar-refractivity contribution is -0.136. The third-order valence-electron chi connectivity index (χ3n) is 3.68. The molecular formula is C14H18F3N3O. The summed E-state index contributed by atoms with van der Waals surface area (Å²) in [6, 6.07) is 3.71. The molecule has 7 heteroatoms. The Morgan fingerprint density at radius 3 is 2.76 bits per heavy atom. The molecule has 3 N–H and O–H groups in total. The number of hydrogen-bond acceptors (Lipinski definition) is 3. The molecule has 0 saturated carbocycles. The maximum absolute atomic E-state index is 12.7. The van der Waals surface area contributed by atoms with Crippen molar-refractivity contribution in [3.63, 3.8) is 0 Å². The van der Waals surface area contributed by atoms with Crippen LogP contribution >= 0.6 is 0 Å². The molecule has 4 nitrogen and oxygen atoms in total. The summed E-state index contributed by atoms with van der Waals surface area (Å²) in [5.41, 5.74) is 4.13. The summed E-state index contributed by atoms with van der Waals surface area (Å²) in [6.45, 7) is 3.06. The second kappa shape index (κ2) is 5.93. The smallest absolute Gasteiger partial charge is 0.398 e. The Morgan fingerprint density at radius 1 is 1.48 bits per heavy atom. The second-order valence-corrected chi connectivity index (χ2v) is 5.31. The van der Waals surface area contributed by atoms with Gasteiger partial charge < -0.3 is 11.1 Å². The van der Waals surface area contributed by atoms with Crippen molar-refractivity contribution in [2.45, 2.75) is 32.0 Å². The first-order valence-corrected chi connectivity index (χ1v) is 6.78. The van der Waals surface area contributed by atoms with Crippen molar-refractivity contribution in [1.82, 2.24) is 4.90 Å². The van der Waals surface area contributed by atoms with E-state index in [1.165, 1.54) is 6.07 Å². The van der Waals surface area contributed by atoms with Crippen LogP contribution in [0.5, 0.6) is 0 Å². The number of likely N-dealkylation sites (tertiary alicyclic amines) is 1. The lowest BCUT2D eigenvalue weighted by atomic mass is 10.1. The van der Waals surface area contributed by atoms with Gasteiger partial charge in [-0.15, -0.1) is 0 Å². The van der Waals surface area contributed by atoms with E-state index < -0.39 is 11.7 Å². The minimum Gasteiger partial charge on any atom is -0.398 e. The molecule has 1 amide bonds. The van der Waals surface area contributed by atoms with Crippen LogP contribution < -0.4 is 11.1 Å². The Kier molecular flexibility index (Phi) is 4.41. The number of alkyl halides is 3. The van der Waals surface area contributed by atoms with Gasteiger partial charge in [0.05, 0.1) is 12.1 Å². The number of hydrogen-bond donors (Lipinski definition) is 2. The molecule has 1 saturated heterocycles. The average molecular weight is 301 g/mol. The number of carbonyl (C=O) groups excluding carboxylic acids is 1. The van der Waals surface area contributed by atoms with Crippen molar-refractivity contribution in [3.05, 3.63) is 23.8 Å². The van der Waals surface area contributed by atoms with Crippen LogP contribution in [0, 0.1) is 0 Å². The Balaban J connectivity index is 2.04. The van der Waals surface area contributed by atoms with Crippen LogP contribution in [0.3, 0.4) is 0 Å². The van der Waals surface area contributed by atoms with Gasteiger partial charge in [0, 0.05) is 17.4 Å². The Labute approximate surface area is 121 Å². The molecule has 1 aliphatic heterocycles. The van der Waals surface area contributed by atoms with Crippen molar-refractivity contribution in [3.8, 4) is 0 Å². The van der Waals surface area contributed by atoms with Crippen LogP contribution in [0.4, 0.5) is 24.5 Å². The standard InChI is InChI=1S/C14H18F3N3O/c1-9-3-2-6-20(9)8-13(21)19-10-4-5-12(18)11(7-10)14(15,16)17/h4-5,7,9H,2-3,6,8,18H2,1H3,(H,19,21). The minimum atomic E-state index is -4.53. The molecule has 0 bridgehead atoms. The van der Waals surface area contributed by atoms with E-state index in [0.29, 0.717) is 6.04 Å². The third kappa shape index (κ3) is 3.87. The first-order chi connectivity index (χ1) is 9.77. The van der Waals surface area contributed by atoms with E-state index in [1.54, 1.807) is 0 Å². The van der Waals surface area contributed by atoms with Gasteiger partial charge in [0.15, 0.2) is 0 Å². The number of nitrogens with two attached hydrogens (primary N) is 1. The molecule has 1 aromatic rings. The number of amides is 1. The van der Waals surface area contributed by atoms with Gasteiger partial charge in [-0.25, -0.2) is 0 Å². The van der Waals surface area contributed by atoms with Crippen molar-refractivity contribution >= 4 is 17.3 Å². The first kappa shape index (κ1) is 15.6. The molecule has 1 aromatic carbocycles. The van der Waals surface area contributed by atoms with E-state index in [4.69, 9.17) is 5.73 Å². The largest absolute Gasteiger partial charge is 0.418 e. The number of nitrogen functional groups attached to an aromatic ring is 1. The van der Waals surface area contributed by atoms with Crippen LogP contribution in [0.2, 0.25) is 0 Å². The highest BCUT2D eigenvalue weighted by molar-refractivity contribution is 5.92. The third-order valence-corrected chi connectivity index (χ3v) is 3.68. The zero-order valence-electron chi connectivity index (χ0n) is 11.7. The SMILES string of the molecule is CC1CCCN1CC(=O)Nc1ccc(N)c(C(F)(F)F)c1. The summed E-state index contributed by atoms with van der Waals surface area (Å²) in [4.78, 5) is 13.9. The first-order valence-electron chi connectivity index (χ1n) is 6.78. The number of carbonyl (C=O) groups is 1. The van der Waals surface area contributed by atoms with Gasteiger partial charge in [0.2, 0.25) is 5.91 Å². The molecular weight excluding hydrogens is 283 g/mol. The molecule has 0 aliphatic carbocycles. The monoisotopic (exact) mass is 301 g/mol. The summed E-state index contributed by atoms with van der Waals surface area (Å²) in [6.07, 6.45) is -2.46. The summed E-state index contributed by atoms with van der Waals surface area (Å²) in [5, 5.41) is 2.49. The van der Waals surface area contributed by atoms with E-state index >= 15 is 0 Å². The van der Waals surface area contributed by atoms with Crippen LogP contribution in [0.1, 0.15) is 25.3 Å². The highest BCUT2D eigenvalue weighted by Crippen LogP contribution is 2.35. The molecule has 1 unspecified atom stereocenters. The predicted octanol–water partition coefficient (Wildman–Crippen LogP) is 2.71. The van der Waals surface area contributed by atoms with Gasteiger partial charge in [0.1, 0.15) is 0 Å². The molecule has 1 fully saturated rings. The zero-order valence-corrected chi connectivity index (χ0v) is 11.7. The van der Waals surface area contributed by atoms with Crippen LogP contribution in [-0.2, 0) is 11.0 Å². The van der Waals surface area contributed by atoms with Crippen LogP contribution in [0.15, 0.2) is 18.2 Å². The Bertz CT molecular complexity index is 531. The van der Waals surface area contributed by atoms with E-state index in [9.17, 15) is 18.0 Å². The molecule has 1 atom stereocenters. The highest BCUT2D eigenvalue weighted by Gasteiger charge is 2.33. The molecule has 1 aliphatic rings. The Hall–Kier alpha value is -1.76. The minimum absolute atomic E-state index is 0.105. The van der Waals surface area contributed by atoms with Crippen molar-refractivity contribution < 1.29 is 18.0 Å². The quantitative estimate of drug-likeness (QED) is 0.844. The maximum Gasteiger partial charge on any atom is 0.418 e. The van der Waals surface area contributed by atoms with Gasteiger partial charge in [-0.3, -0.25) is 9.69 Å². The highest BCUT2D eigenvalue weighted by atomic mass is 19.4. The lowest BCUT2D eigenvalue weighted by Crippen LogP contribution is -2.35. The number of rotatable bonds is 3. The number of benzene rings is 1. The van der Waals surface area contributed by atoms with Crippen molar-refractivity contribution in [2.24, 2.45) is 0 Å². The normalized spacial score (nSPS) is 19.7. The molecule has 21 heavy (non-hydrogen) atoms. The fourth-order valence-electron chi connectivity index (χ4n) is 2.49. The van der Waals surface area contributed by atoms with E-state index in [0.717, 1.165) is 31.5 Å². The van der Waals surface area contributed by atoms with Crippen molar-refractivity contribution in [1.29, 1.82) is 0 Å². The van der Waals surface area contributed by atoms with Gasteiger partial charge in [-0.1, -0.05) is 0 Å². The van der Waals surface area contributed by atoms with Gasteiger partial charge in [-0.2, -0.15) is 13.2 Å². The summed E-state index contributed by atoms with van der Waals surface area (Å²) < 4.78 is 38.2. The fraction of sp³-hybridized carbons (Fsp3) is 0.500. The van der Waals surface area contributed by atoms with Gasteiger partial charge in [0.25, 0.3) is 0 Å². The predicted molar refractivity (Wildman–Crippen MR) is 74.8 cm³/mol. The van der Waals surface area contributed by atoms with E-state index in [-0.39, 0.29) is 23.8 Å². The lowest BCUT2D eigenvalue weighted by Gasteiger charge is -2.20.